The molecule has 2 amide bonds. The first-order chi connectivity index (χ1) is 14.9. The lowest BCUT2D eigenvalue weighted by molar-refractivity contribution is -0.158. The molecular weight excluding hydrogens is 396 g/mol. The molecule has 8 nitrogen and oxygen atoms in total. The highest BCUT2D eigenvalue weighted by atomic mass is 16.5. The molecule has 2 aliphatic rings. The molecule has 0 spiro atoms. The molecule has 2 aliphatic heterocycles. The van der Waals surface area contributed by atoms with E-state index in [1.807, 2.05) is 24.3 Å². The van der Waals surface area contributed by atoms with E-state index >= 15 is 0 Å². The maximum Gasteiger partial charge on any atom is 0.354 e. The Kier molecular flexibility index (Phi) is 4.25. The van der Waals surface area contributed by atoms with E-state index in [0.717, 1.165) is 5.52 Å². The number of para-hydroxylation sites is 3. The van der Waals surface area contributed by atoms with Gasteiger partial charge in [0.15, 0.2) is 0 Å². The van der Waals surface area contributed by atoms with Crippen molar-refractivity contribution in [2.24, 2.45) is 0 Å². The second-order valence-electron chi connectivity index (χ2n) is 7.75. The summed E-state index contributed by atoms with van der Waals surface area (Å²) in [4.78, 5) is 51.0. The molecule has 31 heavy (non-hydrogen) atoms. The van der Waals surface area contributed by atoms with Gasteiger partial charge in [0.05, 0.1) is 33.7 Å². The quantitative estimate of drug-likeness (QED) is 0.610. The Hall–Kier alpha value is -3.81. The van der Waals surface area contributed by atoms with E-state index < -0.39 is 11.6 Å². The summed E-state index contributed by atoms with van der Waals surface area (Å²) in [6.07, 6.45) is 0.319. The first kappa shape index (κ1) is 19.2. The standard InChI is InChI=1S/C23H20N4O4/c1-14-18(25-17-9-5-4-8-16(17)24-14)13-31-22(30)23-12-11-20(28)27(23)19-10-6-3-7-15(19)21(29)26(23)2/h3-10H,11-13H2,1-2H3/t23-/m1/s1. The Balaban J connectivity index is 1.49. The number of aromatic nitrogens is 2. The van der Waals surface area contributed by atoms with Crippen molar-refractivity contribution in [2.45, 2.75) is 32.0 Å². The van der Waals surface area contributed by atoms with Gasteiger partial charge in [-0.05, 0) is 31.2 Å². The van der Waals surface area contributed by atoms with Gasteiger partial charge in [-0.25, -0.2) is 14.8 Å². The fourth-order valence-electron chi connectivity index (χ4n) is 4.40. The van der Waals surface area contributed by atoms with Crippen LogP contribution in [-0.4, -0.2) is 45.4 Å². The van der Waals surface area contributed by atoms with Crippen molar-refractivity contribution in [3.63, 3.8) is 0 Å². The highest BCUT2D eigenvalue weighted by Gasteiger charge is 2.60. The summed E-state index contributed by atoms with van der Waals surface area (Å²) in [6, 6.07) is 14.3. The molecule has 0 unspecified atom stereocenters. The van der Waals surface area contributed by atoms with Crippen molar-refractivity contribution >= 4 is 34.5 Å². The van der Waals surface area contributed by atoms with E-state index in [0.29, 0.717) is 28.2 Å². The van der Waals surface area contributed by atoms with E-state index in [2.05, 4.69) is 9.97 Å². The van der Waals surface area contributed by atoms with Crippen LogP contribution in [0.15, 0.2) is 48.5 Å². The van der Waals surface area contributed by atoms with Gasteiger partial charge < -0.3 is 9.64 Å². The van der Waals surface area contributed by atoms with Gasteiger partial charge >= 0.3 is 5.97 Å². The second-order valence-corrected chi connectivity index (χ2v) is 7.75. The largest absolute Gasteiger partial charge is 0.456 e. The van der Waals surface area contributed by atoms with Crippen molar-refractivity contribution in [2.75, 3.05) is 11.9 Å². The van der Waals surface area contributed by atoms with Crippen LogP contribution >= 0.6 is 0 Å². The molecule has 3 aromatic rings. The third-order valence-electron chi connectivity index (χ3n) is 6.05. The summed E-state index contributed by atoms with van der Waals surface area (Å²) >= 11 is 0. The molecule has 0 bridgehead atoms. The summed E-state index contributed by atoms with van der Waals surface area (Å²) in [6.45, 7) is 1.70. The van der Waals surface area contributed by atoms with E-state index in [-0.39, 0.29) is 31.3 Å². The number of rotatable bonds is 3. The van der Waals surface area contributed by atoms with Crippen LogP contribution in [0.1, 0.15) is 34.6 Å². The third kappa shape index (κ3) is 2.71. The molecule has 0 radical (unpaired) electrons. The van der Waals surface area contributed by atoms with Crippen molar-refractivity contribution in [3.05, 3.63) is 65.5 Å². The number of aryl methyl sites for hydroxylation is 1. The Bertz CT molecular complexity index is 1260. The minimum atomic E-state index is -1.50. The number of esters is 1. The molecule has 1 saturated heterocycles. The third-order valence-corrected chi connectivity index (χ3v) is 6.05. The van der Waals surface area contributed by atoms with Gasteiger partial charge in [-0.15, -0.1) is 0 Å². The van der Waals surface area contributed by atoms with Gasteiger partial charge in [0.25, 0.3) is 5.91 Å². The van der Waals surface area contributed by atoms with Gasteiger partial charge in [-0.1, -0.05) is 24.3 Å². The highest BCUT2D eigenvalue weighted by molar-refractivity contribution is 6.15. The number of benzene rings is 2. The number of amides is 2. The van der Waals surface area contributed by atoms with Gasteiger partial charge in [0.1, 0.15) is 6.61 Å². The summed E-state index contributed by atoms with van der Waals surface area (Å²) in [7, 11) is 1.53. The minimum Gasteiger partial charge on any atom is -0.456 e. The van der Waals surface area contributed by atoms with Crippen LogP contribution < -0.4 is 4.90 Å². The zero-order valence-electron chi connectivity index (χ0n) is 17.2. The Morgan fingerprint density at radius 1 is 1.06 bits per heavy atom. The molecule has 3 heterocycles. The minimum absolute atomic E-state index is 0.101. The zero-order valence-corrected chi connectivity index (χ0v) is 17.2. The number of likely N-dealkylation sites (N-methyl/N-ethyl adjacent to an activating group) is 1. The van der Waals surface area contributed by atoms with E-state index in [1.165, 1.54) is 16.8 Å². The summed E-state index contributed by atoms with van der Waals surface area (Å²) in [5.41, 5.74) is 1.98. The molecule has 2 aromatic carbocycles. The fourth-order valence-corrected chi connectivity index (χ4v) is 4.40. The molecule has 1 aromatic heterocycles. The Labute approximate surface area is 178 Å². The molecule has 1 atom stereocenters. The van der Waals surface area contributed by atoms with Crippen LogP contribution in [0.4, 0.5) is 5.69 Å². The molecule has 0 aliphatic carbocycles. The van der Waals surface area contributed by atoms with Crippen LogP contribution in [0.2, 0.25) is 0 Å². The van der Waals surface area contributed by atoms with Gasteiger partial charge in [-0.3, -0.25) is 14.5 Å². The lowest BCUT2D eigenvalue weighted by atomic mass is 9.97. The number of hydrogen-bond donors (Lipinski definition) is 0. The average Bonchev–Trinajstić information content (AvgIpc) is 3.14. The van der Waals surface area contributed by atoms with Gasteiger partial charge in [0, 0.05) is 19.9 Å². The van der Waals surface area contributed by atoms with Crippen LogP contribution in [0.5, 0.6) is 0 Å². The number of anilines is 1. The lowest BCUT2D eigenvalue weighted by Crippen LogP contribution is -2.67. The number of carbonyl (C=O) groups excluding carboxylic acids is 3. The first-order valence-electron chi connectivity index (χ1n) is 10.0. The van der Waals surface area contributed by atoms with Crippen molar-refractivity contribution in [1.29, 1.82) is 0 Å². The topological polar surface area (TPSA) is 92.7 Å². The monoisotopic (exact) mass is 416 g/mol. The van der Waals surface area contributed by atoms with Crippen molar-refractivity contribution < 1.29 is 19.1 Å². The summed E-state index contributed by atoms with van der Waals surface area (Å²) < 4.78 is 5.65. The highest BCUT2D eigenvalue weighted by Crippen LogP contribution is 2.44. The predicted octanol–water partition coefficient (Wildman–Crippen LogP) is 2.59. The molecular formula is C23H20N4O4. The van der Waals surface area contributed by atoms with Crippen LogP contribution in [0, 0.1) is 6.92 Å². The number of ether oxygens (including phenoxy) is 1. The van der Waals surface area contributed by atoms with Crippen LogP contribution in [0.25, 0.3) is 11.0 Å². The van der Waals surface area contributed by atoms with Crippen molar-refractivity contribution in [3.8, 4) is 0 Å². The van der Waals surface area contributed by atoms with Gasteiger partial charge in [0.2, 0.25) is 11.6 Å². The second kappa shape index (κ2) is 6.87. The van der Waals surface area contributed by atoms with Crippen LogP contribution in [0.3, 0.4) is 0 Å². The Morgan fingerprint density at radius 2 is 1.74 bits per heavy atom. The average molecular weight is 416 g/mol. The smallest absolute Gasteiger partial charge is 0.354 e. The molecule has 1 fully saturated rings. The van der Waals surface area contributed by atoms with Crippen molar-refractivity contribution in [1.82, 2.24) is 14.9 Å². The number of fused-ring (bicyclic) bond motifs is 4. The number of carbonyl (C=O) groups is 3. The van der Waals surface area contributed by atoms with E-state index in [4.69, 9.17) is 4.74 Å². The maximum absolute atomic E-state index is 13.4. The number of nitrogens with zero attached hydrogens (tertiary/aromatic N) is 4. The molecule has 0 N–H and O–H groups in total. The van der Waals surface area contributed by atoms with Gasteiger partial charge in [-0.2, -0.15) is 0 Å². The maximum atomic E-state index is 13.4. The molecule has 0 saturated carbocycles. The summed E-state index contributed by atoms with van der Waals surface area (Å²) in [5, 5.41) is 0. The normalized spacial score (nSPS) is 20.1. The lowest BCUT2D eigenvalue weighted by Gasteiger charge is -2.46. The van der Waals surface area contributed by atoms with Crippen LogP contribution in [-0.2, 0) is 20.9 Å². The molecule has 8 heteroatoms. The SMILES string of the molecule is Cc1nc2ccccc2nc1COC(=O)[C@@]12CCC(=O)N1c1ccccc1C(=O)N2C. The van der Waals surface area contributed by atoms with E-state index in [9.17, 15) is 14.4 Å². The Morgan fingerprint density at radius 3 is 2.52 bits per heavy atom. The zero-order chi connectivity index (χ0) is 21.8. The predicted molar refractivity (Wildman–Crippen MR) is 112 cm³/mol. The molecule has 5 rings (SSSR count). The van der Waals surface area contributed by atoms with E-state index in [1.54, 1.807) is 31.2 Å². The summed E-state index contributed by atoms with van der Waals surface area (Å²) in [5.74, 6) is -1.19. The molecule has 156 valence electrons. The number of hydrogen-bond acceptors (Lipinski definition) is 6. The first-order valence-corrected chi connectivity index (χ1v) is 10.0. The fraction of sp³-hybridized carbons (Fsp3) is 0.261.